The van der Waals surface area contributed by atoms with E-state index >= 15 is 0 Å². The van der Waals surface area contributed by atoms with E-state index in [9.17, 15) is 18.0 Å². The Balaban J connectivity index is 2.03. The zero-order valence-corrected chi connectivity index (χ0v) is 26.4. The van der Waals surface area contributed by atoms with Crippen LogP contribution in [-0.4, -0.2) is 65.6 Å². The fourth-order valence-electron chi connectivity index (χ4n) is 4.39. The van der Waals surface area contributed by atoms with E-state index in [1.54, 1.807) is 62.6 Å². The molecule has 3 aromatic carbocycles. The third kappa shape index (κ3) is 8.41. The van der Waals surface area contributed by atoms with Gasteiger partial charge in [-0.2, -0.15) is 0 Å². The molecule has 0 bridgehead atoms. The van der Waals surface area contributed by atoms with Crippen LogP contribution in [0, 0.1) is 6.92 Å². The van der Waals surface area contributed by atoms with Gasteiger partial charge in [-0.15, -0.1) is 0 Å². The average Bonchev–Trinajstić information content (AvgIpc) is 3.02. The third-order valence-corrected chi connectivity index (χ3v) is 8.82. The average molecular weight is 612 g/mol. The van der Waals surface area contributed by atoms with E-state index in [2.05, 4.69) is 5.32 Å². The van der Waals surface area contributed by atoms with E-state index in [0.29, 0.717) is 23.7 Å². The Kier molecular flexibility index (Phi) is 11.8. The number of carbonyl (C=O) groups is 2. The van der Waals surface area contributed by atoms with Crippen LogP contribution >= 0.6 is 0 Å². The molecular formula is C32H41N3O7S. The highest BCUT2D eigenvalue weighted by Gasteiger charge is 2.33. The first kappa shape index (κ1) is 33.3. The van der Waals surface area contributed by atoms with E-state index < -0.39 is 28.5 Å². The summed E-state index contributed by atoms with van der Waals surface area (Å²) >= 11 is 0. The summed E-state index contributed by atoms with van der Waals surface area (Å²) in [5, 5.41) is 2.88. The van der Waals surface area contributed by atoms with Crippen LogP contribution in [0.2, 0.25) is 0 Å². The standard InChI is InChI=1S/C32H41N3O7S/c1-7-8-19-33-32(37)24(3)34(21-25-11-15-27(40-4)16-12-25)31(36)22-35(26-13-9-23(2)10-14-26)43(38,39)28-17-18-29(41-5)30(20-28)42-6/h9-18,20,24H,7-8,19,21-22H2,1-6H3,(H,33,37). The number of nitrogens with zero attached hydrogens (tertiary/aromatic N) is 2. The van der Waals surface area contributed by atoms with E-state index in [-0.39, 0.29) is 23.1 Å². The van der Waals surface area contributed by atoms with Gasteiger partial charge in [0.25, 0.3) is 10.0 Å². The number of methoxy groups -OCH3 is 3. The molecule has 0 spiro atoms. The number of benzene rings is 3. The number of sulfonamides is 1. The van der Waals surface area contributed by atoms with E-state index in [1.165, 1.54) is 37.3 Å². The van der Waals surface area contributed by atoms with Crippen LogP contribution in [0.1, 0.15) is 37.8 Å². The molecule has 0 aliphatic rings. The zero-order chi connectivity index (χ0) is 31.6. The minimum atomic E-state index is -4.27. The SMILES string of the molecule is CCCCNC(=O)C(C)N(Cc1ccc(OC)cc1)C(=O)CN(c1ccc(C)cc1)S(=O)(=O)c1ccc(OC)c(OC)c1. The van der Waals surface area contributed by atoms with Gasteiger partial charge >= 0.3 is 0 Å². The van der Waals surface area contributed by atoms with Crippen LogP contribution < -0.4 is 23.8 Å². The molecule has 0 heterocycles. The van der Waals surface area contributed by atoms with Crippen LogP contribution in [0.3, 0.4) is 0 Å². The van der Waals surface area contributed by atoms with Gasteiger partial charge in [0.1, 0.15) is 18.3 Å². The number of hydrogen-bond acceptors (Lipinski definition) is 7. The van der Waals surface area contributed by atoms with Crippen LogP contribution in [0.5, 0.6) is 17.2 Å². The minimum Gasteiger partial charge on any atom is -0.497 e. The molecule has 10 nitrogen and oxygen atoms in total. The highest BCUT2D eigenvalue weighted by atomic mass is 32.2. The molecule has 0 aliphatic heterocycles. The maximum Gasteiger partial charge on any atom is 0.264 e. The van der Waals surface area contributed by atoms with Gasteiger partial charge in [-0.1, -0.05) is 43.2 Å². The Bertz CT molecular complexity index is 1480. The highest BCUT2D eigenvalue weighted by Crippen LogP contribution is 2.32. The van der Waals surface area contributed by atoms with Crippen molar-refractivity contribution in [1.29, 1.82) is 0 Å². The van der Waals surface area contributed by atoms with Crippen LogP contribution in [-0.2, 0) is 26.2 Å². The van der Waals surface area contributed by atoms with Crippen molar-refractivity contribution in [3.05, 3.63) is 77.9 Å². The number of ether oxygens (including phenoxy) is 3. The maximum absolute atomic E-state index is 14.1. The molecule has 0 aromatic heterocycles. The van der Waals surface area contributed by atoms with Crippen molar-refractivity contribution >= 4 is 27.5 Å². The van der Waals surface area contributed by atoms with Crippen molar-refractivity contribution in [2.45, 2.75) is 51.1 Å². The summed E-state index contributed by atoms with van der Waals surface area (Å²) in [5.74, 6) is 0.391. The predicted octanol–water partition coefficient (Wildman–Crippen LogP) is 4.55. The molecule has 3 aromatic rings. The molecule has 3 rings (SSSR count). The number of aryl methyl sites for hydroxylation is 1. The van der Waals surface area contributed by atoms with Gasteiger partial charge in [0, 0.05) is 19.2 Å². The van der Waals surface area contributed by atoms with Gasteiger partial charge in [-0.3, -0.25) is 13.9 Å². The number of hydrogen-bond donors (Lipinski definition) is 1. The van der Waals surface area contributed by atoms with Gasteiger partial charge in [0.15, 0.2) is 11.5 Å². The topological polar surface area (TPSA) is 114 Å². The van der Waals surface area contributed by atoms with Crippen molar-refractivity contribution < 1.29 is 32.2 Å². The second-order valence-corrected chi connectivity index (χ2v) is 11.9. The summed E-state index contributed by atoms with van der Waals surface area (Å²) in [6.07, 6.45) is 1.71. The number of carbonyl (C=O) groups excluding carboxylic acids is 2. The lowest BCUT2D eigenvalue weighted by atomic mass is 10.1. The highest BCUT2D eigenvalue weighted by molar-refractivity contribution is 7.92. The number of nitrogens with one attached hydrogen (secondary N) is 1. The van der Waals surface area contributed by atoms with Crippen LogP contribution in [0.15, 0.2) is 71.6 Å². The monoisotopic (exact) mass is 611 g/mol. The van der Waals surface area contributed by atoms with Crippen LogP contribution in [0.4, 0.5) is 5.69 Å². The number of amides is 2. The molecule has 2 amide bonds. The maximum atomic E-state index is 14.1. The fourth-order valence-corrected chi connectivity index (χ4v) is 5.82. The predicted molar refractivity (Wildman–Crippen MR) is 166 cm³/mol. The second kappa shape index (κ2) is 15.3. The Morgan fingerprint density at radius 2 is 1.53 bits per heavy atom. The van der Waals surface area contributed by atoms with E-state index in [1.807, 2.05) is 13.8 Å². The molecule has 0 saturated carbocycles. The Labute approximate surface area is 254 Å². The fraction of sp³-hybridized carbons (Fsp3) is 0.375. The minimum absolute atomic E-state index is 0.0782. The molecular weight excluding hydrogens is 570 g/mol. The second-order valence-electron chi connectivity index (χ2n) is 10.1. The molecule has 0 aliphatic carbocycles. The molecule has 1 unspecified atom stereocenters. The number of rotatable bonds is 15. The molecule has 0 radical (unpaired) electrons. The van der Waals surface area contributed by atoms with Crippen molar-refractivity contribution in [2.24, 2.45) is 0 Å². The van der Waals surface area contributed by atoms with Gasteiger partial charge in [-0.05, 0) is 62.2 Å². The van der Waals surface area contributed by atoms with E-state index in [0.717, 1.165) is 28.3 Å². The molecule has 1 N–H and O–H groups in total. The Hall–Kier alpha value is -4.25. The summed E-state index contributed by atoms with van der Waals surface area (Å²) in [5.41, 5.74) is 1.99. The van der Waals surface area contributed by atoms with Crippen molar-refractivity contribution in [3.8, 4) is 17.2 Å². The van der Waals surface area contributed by atoms with E-state index in [4.69, 9.17) is 14.2 Å². The first-order valence-electron chi connectivity index (χ1n) is 14.1. The first-order chi connectivity index (χ1) is 20.5. The molecule has 232 valence electrons. The van der Waals surface area contributed by atoms with Gasteiger partial charge in [-0.25, -0.2) is 8.42 Å². The Morgan fingerprint density at radius 1 is 0.884 bits per heavy atom. The smallest absolute Gasteiger partial charge is 0.264 e. The van der Waals surface area contributed by atoms with Gasteiger partial charge < -0.3 is 24.4 Å². The third-order valence-electron chi connectivity index (χ3n) is 7.05. The van der Waals surface area contributed by atoms with Crippen molar-refractivity contribution in [2.75, 3.05) is 38.7 Å². The molecule has 11 heteroatoms. The van der Waals surface area contributed by atoms with Crippen molar-refractivity contribution in [1.82, 2.24) is 10.2 Å². The summed E-state index contributed by atoms with van der Waals surface area (Å²) in [6.45, 7) is 5.58. The number of unbranched alkanes of at least 4 members (excludes halogenated alkanes) is 1. The lowest BCUT2D eigenvalue weighted by molar-refractivity contribution is -0.139. The lowest BCUT2D eigenvalue weighted by Gasteiger charge is -2.32. The first-order valence-corrected chi connectivity index (χ1v) is 15.5. The van der Waals surface area contributed by atoms with Gasteiger partial charge in [0.05, 0.1) is 31.9 Å². The van der Waals surface area contributed by atoms with Gasteiger partial charge in [0.2, 0.25) is 11.8 Å². The molecule has 43 heavy (non-hydrogen) atoms. The number of anilines is 1. The van der Waals surface area contributed by atoms with Crippen LogP contribution in [0.25, 0.3) is 0 Å². The summed E-state index contributed by atoms with van der Waals surface area (Å²) in [6, 6.07) is 17.4. The lowest BCUT2D eigenvalue weighted by Crippen LogP contribution is -2.51. The zero-order valence-electron chi connectivity index (χ0n) is 25.6. The van der Waals surface area contributed by atoms with Crippen molar-refractivity contribution in [3.63, 3.8) is 0 Å². The summed E-state index contributed by atoms with van der Waals surface area (Å²) in [4.78, 5) is 28.5. The molecule has 0 saturated heterocycles. The Morgan fingerprint density at radius 3 is 2.12 bits per heavy atom. The molecule has 0 fully saturated rings. The molecule has 1 atom stereocenters. The normalized spacial score (nSPS) is 11.8. The largest absolute Gasteiger partial charge is 0.497 e. The summed E-state index contributed by atoms with van der Waals surface area (Å²) in [7, 11) is 0.171. The quantitative estimate of drug-likeness (QED) is 0.251. The summed E-state index contributed by atoms with van der Waals surface area (Å²) < 4.78 is 45.1.